The van der Waals surface area contributed by atoms with Gasteiger partial charge in [-0.05, 0) is 19.9 Å². The third-order valence-corrected chi connectivity index (χ3v) is 3.73. The van der Waals surface area contributed by atoms with Gasteiger partial charge in [0.25, 0.3) is 5.69 Å². The number of benzene rings is 1. The molecule has 0 bridgehead atoms. The Balaban J connectivity index is 2.79. The summed E-state index contributed by atoms with van der Waals surface area (Å²) in [6.45, 7) is 3.36. The number of ether oxygens (including phenoxy) is 2. The van der Waals surface area contributed by atoms with Crippen LogP contribution in [-0.4, -0.2) is 30.3 Å². The third kappa shape index (κ3) is 3.14. The van der Waals surface area contributed by atoms with Crippen LogP contribution < -0.4 is 4.74 Å². The average Bonchev–Trinajstić information content (AvgIpc) is 2.93. The van der Waals surface area contributed by atoms with Gasteiger partial charge in [0.1, 0.15) is 11.5 Å². The van der Waals surface area contributed by atoms with Crippen LogP contribution in [0.25, 0.3) is 11.1 Å². The quantitative estimate of drug-likeness (QED) is 0.459. The van der Waals surface area contributed by atoms with Crippen molar-refractivity contribution in [1.29, 1.82) is 5.26 Å². The first-order valence-corrected chi connectivity index (χ1v) is 7.12. The third-order valence-electron chi connectivity index (χ3n) is 3.73. The van der Waals surface area contributed by atoms with E-state index in [0.29, 0.717) is 22.6 Å². The molecule has 25 heavy (non-hydrogen) atoms. The molecule has 1 unspecified atom stereocenters. The minimum Gasteiger partial charge on any atom is -0.496 e. The molecule has 2 aromatic rings. The number of nitro groups is 1. The molecule has 1 aromatic heterocycles. The van der Waals surface area contributed by atoms with Gasteiger partial charge >= 0.3 is 5.97 Å². The van der Waals surface area contributed by atoms with Crippen LogP contribution in [0.15, 0.2) is 16.7 Å². The smallest absolute Gasteiger partial charge is 0.327 e. The molecule has 0 fully saturated rings. The van der Waals surface area contributed by atoms with E-state index in [0.717, 1.165) is 7.11 Å². The number of esters is 1. The van der Waals surface area contributed by atoms with Crippen molar-refractivity contribution in [1.82, 2.24) is 5.16 Å². The van der Waals surface area contributed by atoms with E-state index < -0.39 is 22.5 Å². The zero-order valence-corrected chi connectivity index (χ0v) is 14.0. The predicted molar refractivity (Wildman–Crippen MR) is 85.0 cm³/mol. The number of aryl methyl sites for hydroxylation is 2. The molecule has 1 atom stereocenters. The van der Waals surface area contributed by atoms with E-state index in [-0.39, 0.29) is 11.3 Å². The number of carbonyl (C=O) groups excluding carboxylic acids is 1. The Morgan fingerprint density at radius 3 is 2.52 bits per heavy atom. The zero-order chi connectivity index (χ0) is 18.7. The number of aromatic nitrogens is 1. The number of nitrogens with zero attached hydrogens (tertiary/aromatic N) is 3. The summed E-state index contributed by atoms with van der Waals surface area (Å²) >= 11 is 0. The summed E-state index contributed by atoms with van der Waals surface area (Å²) in [5.74, 6) is -1.63. The maximum Gasteiger partial charge on any atom is 0.327 e. The second-order valence-corrected chi connectivity index (χ2v) is 5.15. The summed E-state index contributed by atoms with van der Waals surface area (Å²) in [4.78, 5) is 22.7. The van der Waals surface area contributed by atoms with E-state index in [1.54, 1.807) is 19.9 Å². The molecule has 0 N–H and O–H groups in total. The Kier molecular flexibility index (Phi) is 5.02. The molecule has 0 aliphatic rings. The molecule has 9 nitrogen and oxygen atoms in total. The van der Waals surface area contributed by atoms with Gasteiger partial charge < -0.3 is 14.0 Å². The zero-order valence-electron chi connectivity index (χ0n) is 14.0. The first kappa shape index (κ1) is 17.9. The van der Waals surface area contributed by atoms with Crippen LogP contribution in [0.2, 0.25) is 0 Å². The van der Waals surface area contributed by atoms with Crippen molar-refractivity contribution < 1.29 is 23.7 Å². The SMILES string of the molecule is COC(=O)C(C#N)c1cc(OC)c(-c2c(C)noc2C)cc1[N+](=O)[O-]. The summed E-state index contributed by atoms with van der Waals surface area (Å²) < 4.78 is 15.0. The van der Waals surface area contributed by atoms with Crippen LogP contribution in [0.1, 0.15) is 22.9 Å². The van der Waals surface area contributed by atoms with Gasteiger partial charge in [-0.1, -0.05) is 5.16 Å². The van der Waals surface area contributed by atoms with Crippen LogP contribution >= 0.6 is 0 Å². The molecular weight excluding hydrogens is 330 g/mol. The molecule has 0 saturated heterocycles. The molecule has 0 radical (unpaired) electrons. The topological polar surface area (TPSA) is 128 Å². The summed E-state index contributed by atoms with van der Waals surface area (Å²) in [6, 6.07) is 4.27. The highest BCUT2D eigenvalue weighted by Gasteiger charge is 2.32. The number of hydrogen-bond acceptors (Lipinski definition) is 8. The van der Waals surface area contributed by atoms with Gasteiger partial charge in [-0.2, -0.15) is 5.26 Å². The summed E-state index contributed by atoms with van der Waals surface area (Å²) in [5, 5.41) is 24.6. The Morgan fingerprint density at radius 2 is 2.08 bits per heavy atom. The molecule has 2 rings (SSSR count). The second kappa shape index (κ2) is 7.00. The lowest BCUT2D eigenvalue weighted by atomic mass is 9.93. The highest BCUT2D eigenvalue weighted by molar-refractivity contribution is 5.85. The Bertz CT molecular complexity index is 861. The lowest BCUT2D eigenvalue weighted by Gasteiger charge is -2.13. The van der Waals surface area contributed by atoms with Gasteiger partial charge in [0, 0.05) is 11.6 Å². The second-order valence-electron chi connectivity index (χ2n) is 5.15. The number of rotatable bonds is 5. The van der Waals surface area contributed by atoms with Crippen molar-refractivity contribution in [3.63, 3.8) is 0 Å². The molecule has 130 valence electrons. The van der Waals surface area contributed by atoms with Crippen molar-refractivity contribution in [3.05, 3.63) is 39.3 Å². The summed E-state index contributed by atoms with van der Waals surface area (Å²) in [5.41, 5.74) is 0.968. The maximum atomic E-state index is 11.8. The van der Waals surface area contributed by atoms with E-state index in [2.05, 4.69) is 9.89 Å². The number of methoxy groups -OCH3 is 2. The number of hydrogen-bond donors (Lipinski definition) is 0. The first-order chi connectivity index (χ1) is 11.8. The molecule has 1 aromatic carbocycles. The summed E-state index contributed by atoms with van der Waals surface area (Å²) in [6.07, 6.45) is 0. The van der Waals surface area contributed by atoms with Crippen LogP contribution in [0.5, 0.6) is 5.75 Å². The van der Waals surface area contributed by atoms with Gasteiger partial charge in [0.15, 0.2) is 5.92 Å². The number of nitriles is 1. The van der Waals surface area contributed by atoms with Crippen molar-refractivity contribution in [2.24, 2.45) is 0 Å². The standard InChI is InChI=1S/C16H15N3O6/c1-8-15(9(2)25-18-8)11-5-13(19(21)22)10(6-14(11)23-3)12(7-17)16(20)24-4/h5-6,12H,1-4H3. The lowest BCUT2D eigenvalue weighted by Crippen LogP contribution is -2.14. The number of nitro benzene ring substituents is 1. The fourth-order valence-corrected chi connectivity index (χ4v) is 2.57. The van der Waals surface area contributed by atoms with Gasteiger partial charge in [-0.15, -0.1) is 0 Å². The highest BCUT2D eigenvalue weighted by Crippen LogP contribution is 2.41. The van der Waals surface area contributed by atoms with Gasteiger partial charge in [-0.25, -0.2) is 0 Å². The van der Waals surface area contributed by atoms with Crippen molar-refractivity contribution in [3.8, 4) is 22.9 Å². The molecular formula is C16H15N3O6. The van der Waals surface area contributed by atoms with E-state index >= 15 is 0 Å². The minimum atomic E-state index is -1.45. The molecule has 0 spiro atoms. The van der Waals surface area contributed by atoms with E-state index in [1.807, 2.05) is 0 Å². The molecule has 0 saturated carbocycles. The van der Waals surface area contributed by atoms with Crippen LogP contribution in [0.3, 0.4) is 0 Å². The molecule has 9 heteroatoms. The van der Waals surface area contributed by atoms with Crippen LogP contribution in [0, 0.1) is 35.3 Å². The van der Waals surface area contributed by atoms with Gasteiger partial charge in [0.2, 0.25) is 0 Å². The lowest BCUT2D eigenvalue weighted by molar-refractivity contribution is -0.385. The predicted octanol–water partition coefficient (Wildman–Crippen LogP) is 2.66. The van der Waals surface area contributed by atoms with E-state index in [9.17, 15) is 20.2 Å². The fourth-order valence-electron chi connectivity index (χ4n) is 2.57. The minimum absolute atomic E-state index is 0.105. The normalized spacial score (nSPS) is 11.5. The molecule has 1 heterocycles. The molecule has 0 amide bonds. The van der Waals surface area contributed by atoms with Gasteiger partial charge in [0.05, 0.1) is 42.0 Å². The fraction of sp³-hybridized carbons (Fsp3) is 0.312. The Hall–Kier alpha value is -3.41. The Labute approximate surface area is 142 Å². The van der Waals surface area contributed by atoms with Crippen molar-refractivity contribution >= 4 is 11.7 Å². The molecule has 0 aliphatic carbocycles. The van der Waals surface area contributed by atoms with Crippen molar-refractivity contribution in [2.45, 2.75) is 19.8 Å². The average molecular weight is 345 g/mol. The largest absolute Gasteiger partial charge is 0.496 e. The maximum absolute atomic E-state index is 11.8. The monoisotopic (exact) mass is 345 g/mol. The van der Waals surface area contributed by atoms with Crippen molar-refractivity contribution in [2.75, 3.05) is 14.2 Å². The first-order valence-electron chi connectivity index (χ1n) is 7.12. The van der Waals surface area contributed by atoms with Crippen LogP contribution in [-0.2, 0) is 9.53 Å². The summed E-state index contributed by atoms with van der Waals surface area (Å²) in [7, 11) is 2.49. The van der Waals surface area contributed by atoms with E-state index in [1.165, 1.54) is 19.2 Å². The Morgan fingerprint density at radius 1 is 1.40 bits per heavy atom. The number of carbonyl (C=O) groups is 1. The van der Waals surface area contributed by atoms with E-state index in [4.69, 9.17) is 9.26 Å². The van der Waals surface area contributed by atoms with Gasteiger partial charge in [-0.3, -0.25) is 14.9 Å². The molecule has 0 aliphatic heterocycles. The van der Waals surface area contributed by atoms with Crippen LogP contribution in [0.4, 0.5) is 5.69 Å². The highest BCUT2D eigenvalue weighted by atomic mass is 16.6.